The zero-order valence-corrected chi connectivity index (χ0v) is 13.2. The summed E-state index contributed by atoms with van der Waals surface area (Å²) in [5, 5.41) is 3.33. The number of benzene rings is 2. The molecule has 6 heteroatoms. The van der Waals surface area contributed by atoms with Gasteiger partial charge in [0.1, 0.15) is 0 Å². The third-order valence-electron chi connectivity index (χ3n) is 2.90. The molecule has 0 unspecified atom stereocenters. The second kappa shape index (κ2) is 7.29. The van der Waals surface area contributed by atoms with E-state index in [0.717, 1.165) is 5.56 Å². The number of amides is 1. The summed E-state index contributed by atoms with van der Waals surface area (Å²) < 4.78 is 4.99. The van der Waals surface area contributed by atoms with Crippen LogP contribution in [0.1, 0.15) is 15.9 Å². The van der Waals surface area contributed by atoms with Gasteiger partial charge >= 0.3 is 5.97 Å². The van der Waals surface area contributed by atoms with E-state index < -0.39 is 18.5 Å². The Morgan fingerprint density at radius 1 is 1.14 bits per heavy atom. The highest BCUT2D eigenvalue weighted by atomic mass is 35.5. The number of nitrogens with one attached hydrogen (secondary N) is 1. The van der Waals surface area contributed by atoms with E-state index in [1.807, 2.05) is 6.07 Å². The zero-order chi connectivity index (χ0) is 16.1. The number of anilines is 1. The lowest BCUT2D eigenvalue weighted by Gasteiger charge is -2.09. The second-order valence-corrected chi connectivity index (χ2v) is 5.41. The molecule has 22 heavy (non-hydrogen) atoms. The fraction of sp³-hybridized carbons (Fsp3) is 0.125. The molecule has 4 nitrogen and oxygen atoms in total. The van der Waals surface area contributed by atoms with Crippen LogP contribution in [0.15, 0.2) is 42.5 Å². The van der Waals surface area contributed by atoms with Crippen LogP contribution in [-0.2, 0) is 9.53 Å². The maximum Gasteiger partial charge on any atom is 0.338 e. The highest BCUT2D eigenvalue weighted by molar-refractivity contribution is 6.36. The highest BCUT2D eigenvalue weighted by Crippen LogP contribution is 2.25. The van der Waals surface area contributed by atoms with E-state index in [0.29, 0.717) is 21.3 Å². The Kier molecular flexibility index (Phi) is 5.41. The minimum absolute atomic E-state index is 0.311. The highest BCUT2D eigenvalue weighted by Gasteiger charge is 2.13. The quantitative estimate of drug-likeness (QED) is 0.854. The van der Waals surface area contributed by atoms with Crippen molar-refractivity contribution >= 4 is 40.8 Å². The molecule has 0 radical (unpaired) electrons. The van der Waals surface area contributed by atoms with E-state index in [1.165, 1.54) is 6.07 Å². The van der Waals surface area contributed by atoms with E-state index in [-0.39, 0.29) is 0 Å². The van der Waals surface area contributed by atoms with E-state index in [4.69, 9.17) is 27.9 Å². The fourth-order valence-electron chi connectivity index (χ4n) is 1.79. The Bertz CT molecular complexity index is 716. The topological polar surface area (TPSA) is 55.4 Å². The maximum atomic E-state index is 11.9. The molecule has 0 aliphatic heterocycles. The van der Waals surface area contributed by atoms with Gasteiger partial charge in [0.2, 0.25) is 0 Å². The van der Waals surface area contributed by atoms with Crippen molar-refractivity contribution in [2.75, 3.05) is 11.9 Å². The Labute approximate surface area is 138 Å². The molecule has 0 fully saturated rings. The van der Waals surface area contributed by atoms with Gasteiger partial charge in [0.25, 0.3) is 5.91 Å². The van der Waals surface area contributed by atoms with Crippen LogP contribution in [0.25, 0.3) is 0 Å². The maximum absolute atomic E-state index is 11.9. The summed E-state index contributed by atoms with van der Waals surface area (Å²) in [6, 6.07) is 11.7. The molecule has 114 valence electrons. The number of ether oxygens (including phenoxy) is 1. The zero-order valence-electron chi connectivity index (χ0n) is 11.7. The van der Waals surface area contributed by atoms with Gasteiger partial charge in [0.05, 0.1) is 16.3 Å². The van der Waals surface area contributed by atoms with Crippen molar-refractivity contribution in [2.24, 2.45) is 0 Å². The number of halogens is 2. The minimum atomic E-state index is -0.546. The third kappa shape index (κ3) is 4.23. The van der Waals surface area contributed by atoms with Crippen molar-refractivity contribution in [1.29, 1.82) is 0 Å². The van der Waals surface area contributed by atoms with E-state index in [1.54, 1.807) is 37.3 Å². The molecule has 0 aliphatic carbocycles. The van der Waals surface area contributed by atoms with Gasteiger partial charge in [0, 0.05) is 5.02 Å². The van der Waals surface area contributed by atoms with Crippen molar-refractivity contribution in [3.05, 3.63) is 63.6 Å². The summed E-state index contributed by atoms with van der Waals surface area (Å²) in [6.45, 7) is 1.40. The van der Waals surface area contributed by atoms with Crippen molar-refractivity contribution in [3.8, 4) is 0 Å². The first-order valence-corrected chi connectivity index (χ1v) is 7.20. The second-order valence-electron chi connectivity index (χ2n) is 4.56. The van der Waals surface area contributed by atoms with Crippen LogP contribution in [0.5, 0.6) is 0 Å². The first-order chi connectivity index (χ1) is 10.5. The normalized spacial score (nSPS) is 10.1. The Balaban J connectivity index is 1.93. The first-order valence-electron chi connectivity index (χ1n) is 6.45. The molecule has 2 aromatic rings. The number of aryl methyl sites for hydroxylation is 1. The molecule has 0 aromatic heterocycles. The van der Waals surface area contributed by atoms with Gasteiger partial charge in [-0.1, -0.05) is 41.4 Å². The molecule has 1 N–H and O–H groups in total. The summed E-state index contributed by atoms with van der Waals surface area (Å²) in [4.78, 5) is 23.7. The van der Waals surface area contributed by atoms with Crippen molar-refractivity contribution in [3.63, 3.8) is 0 Å². The summed E-state index contributed by atoms with van der Waals surface area (Å²) >= 11 is 11.7. The van der Waals surface area contributed by atoms with Gasteiger partial charge in [0.15, 0.2) is 6.61 Å². The largest absolute Gasteiger partial charge is 0.452 e. The fourth-order valence-corrected chi connectivity index (χ4v) is 2.24. The monoisotopic (exact) mass is 337 g/mol. The molecule has 2 rings (SSSR count). The number of hydrogen-bond donors (Lipinski definition) is 1. The van der Waals surface area contributed by atoms with E-state index in [9.17, 15) is 9.59 Å². The molecule has 0 saturated carbocycles. The standard InChI is InChI=1S/C16H13Cl2NO3/c1-10-4-2-3-5-12(10)16(21)22-9-15(20)19-14-7-6-11(17)8-13(14)18/h2-8H,9H2,1H3,(H,19,20). The van der Waals surface area contributed by atoms with Gasteiger partial charge < -0.3 is 10.1 Å². The molecule has 1 amide bonds. The average Bonchev–Trinajstić information content (AvgIpc) is 2.48. The van der Waals surface area contributed by atoms with Crippen LogP contribution in [0.2, 0.25) is 10.0 Å². The SMILES string of the molecule is Cc1ccccc1C(=O)OCC(=O)Nc1ccc(Cl)cc1Cl. The first kappa shape index (κ1) is 16.3. The Morgan fingerprint density at radius 3 is 2.55 bits per heavy atom. The lowest BCUT2D eigenvalue weighted by atomic mass is 10.1. The molecule has 0 spiro atoms. The predicted molar refractivity (Wildman–Crippen MR) is 86.6 cm³/mol. The summed E-state index contributed by atoms with van der Waals surface area (Å²) in [6.07, 6.45) is 0. The van der Waals surface area contributed by atoms with Crippen molar-refractivity contribution in [2.45, 2.75) is 6.92 Å². The lowest BCUT2D eigenvalue weighted by molar-refractivity contribution is -0.119. The van der Waals surface area contributed by atoms with Gasteiger partial charge in [-0.3, -0.25) is 4.79 Å². The van der Waals surface area contributed by atoms with E-state index in [2.05, 4.69) is 5.32 Å². The number of hydrogen-bond acceptors (Lipinski definition) is 3. The molecule has 0 saturated heterocycles. The van der Waals surface area contributed by atoms with Crippen molar-refractivity contribution < 1.29 is 14.3 Å². The van der Waals surface area contributed by atoms with Gasteiger partial charge in [-0.05, 0) is 36.8 Å². The van der Waals surface area contributed by atoms with Gasteiger partial charge in [-0.25, -0.2) is 4.79 Å². The molecule has 0 atom stereocenters. The molecular weight excluding hydrogens is 325 g/mol. The molecule has 2 aromatic carbocycles. The molecule has 0 aliphatic rings. The lowest BCUT2D eigenvalue weighted by Crippen LogP contribution is -2.21. The predicted octanol–water partition coefficient (Wildman–Crippen LogP) is 4.10. The van der Waals surface area contributed by atoms with Crippen LogP contribution in [0.3, 0.4) is 0 Å². The average molecular weight is 338 g/mol. The smallest absolute Gasteiger partial charge is 0.338 e. The van der Waals surface area contributed by atoms with Crippen LogP contribution < -0.4 is 5.32 Å². The number of carbonyl (C=O) groups is 2. The van der Waals surface area contributed by atoms with Crippen LogP contribution in [-0.4, -0.2) is 18.5 Å². The van der Waals surface area contributed by atoms with Crippen LogP contribution in [0, 0.1) is 6.92 Å². The Morgan fingerprint density at radius 2 is 1.86 bits per heavy atom. The van der Waals surface area contributed by atoms with E-state index >= 15 is 0 Å². The molecular formula is C16H13Cl2NO3. The Hall–Kier alpha value is -2.04. The number of carbonyl (C=O) groups excluding carboxylic acids is 2. The van der Waals surface area contributed by atoms with Crippen LogP contribution >= 0.6 is 23.2 Å². The third-order valence-corrected chi connectivity index (χ3v) is 3.45. The summed E-state index contributed by atoms with van der Waals surface area (Å²) in [5.74, 6) is -1.03. The summed E-state index contributed by atoms with van der Waals surface area (Å²) in [5.41, 5.74) is 1.62. The molecule has 0 bridgehead atoms. The number of rotatable bonds is 4. The minimum Gasteiger partial charge on any atom is -0.452 e. The number of esters is 1. The summed E-state index contributed by atoms with van der Waals surface area (Å²) in [7, 11) is 0. The molecule has 0 heterocycles. The van der Waals surface area contributed by atoms with Crippen molar-refractivity contribution in [1.82, 2.24) is 0 Å². The van der Waals surface area contributed by atoms with Gasteiger partial charge in [-0.15, -0.1) is 0 Å². The van der Waals surface area contributed by atoms with Gasteiger partial charge in [-0.2, -0.15) is 0 Å². The van der Waals surface area contributed by atoms with Crippen LogP contribution in [0.4, 0.5) is 5.69 Å².